The van der Waals surface area contributed by atoms with E-state index in [9.17, 15) is 9.90 Å². The van der Waals surface area contributed by atoms with Gasteiger partial charge in [0.2, 0.25) is 0 Å². The minimum atomic E-state index is -1.04. The lowest BCUT2D eigenvalue weighted by atomic mass is 9.98. The molecule has 0 aliphatic carbocycles. The first-order chi connectivity index (χ1) is 15.1. The summed E-state index contributed by atoms with van der Waals surface area (Å²) in [7, 11) is 1.55. The third-order valence-corrected chi connectivity index (χ3v) is 5.31. The number of hydrogen-bond acceptors (Lipinski definition) is 5. The van der Waals surface area contributed by atoms with E-state index in [2.05, 4.69) is 11.1 Å². The van der Waals surface area contributed by atoms with Gasteiger partial charge in [-0.2, -0.15) is 5.26 Å². The molecule has 1 unspecified atom stereocenters. The Labute approximate surface area is 185 Å². The largest absolute Gasteiger partial charge is 0.496 e. The molecule has 0 radical (unpaired) electrons. The van der Waals surface area contributed by atoms with Gasteiger partial charge >= 0.3 is 6.09 Å². The van der Waals surface area contributed by atoms with Crippen molar-refractivity contribution in [2.45, 2.75) is 39.4 Å². The number of H-pyrrole nitrogens is 1. The SMILES string of the molecule is COc1cc(C)c2c(ccn2C(=O)OC(C)(C)C)c1C(O)c1cc2cc(C#N)ccc2[nH]1. The number of methoxy groups -OCH3 is 1. The van der Waals surface area contributed by atoms with Crippen LogP contribution in [0.1, 0.15) is 49.3 Å². The number of benzene rings is 2. The Morgan fingerprint density at radius 3 is 2.62 bits per heavy atom. The lowest BCUT2D eigenvalue weighted by Gasteiger charge is -2.21. The predicted octanol–water partition coefficient (Wildman–Crippen LogP) is 5.18. The number of rotatable bonds is 3. The van der Waals surface area contributed by atoms with Crippen LogP contribution in [0.3, 0.4) is 0 Å². The first-order valence-electron chi connectivity index (χ1n) is 10.3. The van der Waals surface area contributed by atoms with E-state index in [-0.39, 0.29) is 0 Å². The second-order valence-electron chi connectivity index (χ2n) is 8.78. The lowest BCUT2D eigenvalue weighted by molar-refractivity contribution is 0.0544. The van der Waals surface area contributed by atoms with Gasteiger partial charge in [-0.25, -0.2) is 4.79 Å². The van der Waals surface area contributed by atoms with E-state index in [4.69, 9.17) is 14.7 Å². The number of aliphatic hydroxyl groups excluding tert-OH is 1. The van der Waals surface area contributed by atoms with Crippen LogP contribution in [0.5, 0.6) is 5.75 Å². The number of aromatic amines is 1. The second-order valence-corrected chi connectivity index (χ2v) is 8.78. The van der Waals surface area contributed by atoms with E-state index in [1.807, 2.05) is 39.8 Å². The number of carbonyl (C=O) groups is 1. The highest BCUT2D eigenvalue weighted by atomic mass is 16.6. The number of ether oxygens (including phenoxy) is 2. The van der Waals surface area contributed by atoms with Gasteiger partial charge in [-0.15, -0.1) is 0 Å². The van der Waals surface area contributed by atoms with Crippen molar-refractivity contribution in [2.75, 3.05) is 7.11 Å². The number of nitrogens with one attached hydrogen (secondary N) is 1. The van der Waals surface area contributed by atoms with E-state index < -0.39 is 17.8 Å². The summed E-state index contributed by atoms with van der Waals surface area (Å²) in [4.78, 5) is 16.0. The fourth-order valence-electron chi connectivity index (χ4n) is 3.97. The first-order valence-corrected chi connectivity index (χ1v) is 10.3. The monoisotopic (exact) mass is 431 g/mol. The van der Waals surface area contributed by atoms with Crippen LogP contribution in [-0.2, 0) is 4.74 Å². The molecule has 0 bridgehead atoms. The number of nitrogens with zero attached hydrogens (tertiary/aromatic N) is 2. The van der Waals surface area contributed by atoms with Gasteiger partial charge in [0, 0.05) is 33.7 Å². The summed E-state index contributed by atoms with van der Waals surface area (Å²) >= 11 is 0. The fraction of sp³-hybridized carbons (Fsp3) is 0.280. The van der Waals surface area contributed by atoms with Crippen LogP contribution in [0.2, 0.25) is 0 Å². The quantitative estimate of drug-likeness (QED) is 0.466. The Hall–Kier alpha value is -3.76. The van der Waals surface area contributed by atoms with E-state index in [1.165, 1.54) is 4.57 Å². The zero-order valence-corrected chi connectivity index (χ0v) is 18.7. The number of nitriles is 1. The van der Waals surface area contributed by atoms with Gasteiger partial charge in [-0.05, 0) is 69.7 Å². The highest BCUT2D eigenvalue weighted by molar-refractivity contribution is 5.95. The minimum absolute atomic E-state index is 0.490. The van der Waals surface area contributed by atoms with Crippen molar-refractivity contribution < 1.29 is 19.4 Å². The van der Waals surface area contributed by atoms with Crippen LogP contribution in [0.4, 0.5) is 4.79 Å². The van der Waals surface area contributed by atoms with E-state index in [0.717, 1.165) is 16.5 Å². The number of fused-ring (bicyclic) bond motifs is 2. The molecule has 2 aromatic heterocycles. The van der Waals surface area contributed by atoms with Crippen LogP contribution < -0.4 is 4.74 Å². The van der Waals surface area contributed by atoms with Gasteiger partial charge < -0.3 is 19.6 Å². The molecule has 32 heavy (non-hydrogen) atoms. The van der Waals surface area contributed by atoms with E-state index in [1.54, 1.807) is 37.6 Å². The molecule has 164 valence electrons. The number of carbonyl (C=O) groups excluding carboxylic acids is 1. The molecule has 0 saturated heterocycles. The minimum Gasteiger partial charge on any atom is -0.496 e. The molecule has 0 aliphatic rings. The summed E-state index contributed by atoms with van der Waals surface area (Å²) in [5.41, 5.74) is 3.29. The molecule has 2 heterocycles. The van der Waals surface area contributed by atoms with Gasteiger partial charge in [-0.3, -0.25) is 4.57 Å². The predicted molar refractivity (Wildman–Crippen MR) is 122 cm³/mol. The molecule has 4 aromatic rings. The molecule has 1 atom stereocenters. The average Bonchev–Trinajstić information content (AvgIpc) is 3.36. The lowest BCUT2D eigenvalue weighted by Crippen LogP contribution is -2.26. The summed E-state index contributed by atoms with van der Waals surface area (Å²) in [6.07, 6.45) is 0.113. The zero-order valence-electron chi connectivity index (χ0n) is 18.7. The molecule has 0 spiro atoms. The van der Waals surface area contributed by atoms with Crippen molar-refractivity contribution in [2.24, 2.45) is 0 Å². The normalized spacial score (nSPS) is 12.7. The van der Waals surface area contributed by atoms with Crippen molar-refractivity contribution in [3.63, 3.8) is 0 Å². The maximum Gasteiger partial charge on any atom is 0.419 e. The molecular formula is C25H25N3O4. The third-order valence-electron chi connectivity index (χ3n) is 5.31. The van der Waals surface area contributed by atoms with Gasteiger partial charge in [0.15, 0.2) is 0 Å². The molecule has 2 aromatic carbocycles. The van der Waals surface area contributed by atoms with Gasteiger partial charge in [0.25, 0.3) is 0 Å². The van der Waals surface area contributed by atoms with Crippen molar-refractivity contribution in [3.05, 3.63) is 65.0 Å². The molecule has 0 fully saturated rings. The van der Waals surface area contributed by atoms with Crippen molar-refractivity contribution in [1.29, 1.82) is 5.26 Å². The van der Waals surface area contributed by atoms with Gasteiger partial charge in [0.05, 0.1) is 24.3 Å². The van der Waals surface area contributed by atoms with E-state index in [0.29, 0.717) is 33.5 Å². The van der Waals surface area contributed by atoms with Crippen molar-refractivity contribution >= 4 is 27.9 Å². The highest BCUT2D eigenvalue weighted by Gasteiger charge is 2.26. The Balaban J connectivity index is 1.87. The number of aryl methyl sites for hydroxylation is 1. The summed E-state index contributed by atoms with van der Waals surface area (Å²) in [5, 5.41) is 22.0. The Bertz CT molecular complexity index is 1380. The average molecular weight is 431 g/mol. The molecule has 4 rings (SSSR count). The standard InChI is InChI=1S/C25H25N3O4/c1-14-10-20(31-5)21(17-8-9-28(22(14)17)24(30)32-25(2,3)4)23(29)19-12-16-11-15(13-26)6-7-18(16)27-19/h6-12,23,27,29H,1-5H3. The molecular weight excluding hydrogens is 406 g/mol. The van der Waals surface area contributed by atoms with Gasteiger partial charge in [-0.1, -0.05) is 0 Å². The van der Waals surface area contributed by atoms with Gasteiger partial charge in [0.1, 0.15) is 17.5 Å². The Morgan fingerprint density at radius 1 is 1.22 bits per heavy atom. The molecule has 0 aliphatic heterocycles. The smallest absolute Gasteiger partial charge is 0.419 e. The number of hydrogen-bond donors (Lipinski definition) is 2. The number of aliphatic hydroxyl groups is 1. The van der Waals surface area contributed by atoms with Crippen LogP contribution >= 0.6 is 0 Å². The van der Waals surface area contributed by atoms with Crippen LogP contribution in [0, 0.1) is 18.3 Å². The summed E-state index contributed by atoms with van der Waals surface area (Å²) in [6, 6.07) is 12.8. The molecule has 0 saturated carbocycles. The van der Waals surface area contributed by atoms with Crippen LogP contribution in [-0.4, -0.2) is 33.5 Å². The maximum absolute atomic E-state index is 12.8. The molecule has 7 nitrogen and oxygen atoms in total. The van der Waals surface area contributed by atoms with Crippen molar-refractivity contribution in [1.82, 2.24) is 9.55 Å². The third kappa shape index (κ3) is 3.70. The Kier molecular flexibility index (Phi) is 5.19. The van der Waals surface area contributed by atoms with Crippen LogP contribution in [0.15, 0.2) is 42.6 Å². The highest BCUT2D eigenvalue weighted by Crippen LogP contribution is 2.39. The first kappa shape index (κ1) is 21.5. The molecule has 0 amide bonds. The zero-order chi connectivity index (χ0) is 23.2. The van der Waals surface area contributed by atoms with Crippen molar-refractivity contribution in [3.8, 4) is 11.8 Å². The topological polar surface area (TPSA) is 100 Å². The fourth-order valence-corrected chi connectivity index (χ4v) is 3.97. The molecule has 2 N–H and O–H groups in total. The van der Waals surface area contributed by atoms with E-state index >= 15 is 0 Å². The maximum atomic E-state index is 12.8. The van der Waals surface area contributed by atoms with Crippen LogP contribution in [0.25, 0.3) is 21.8 Å². The summed E-state index contributed by atoms with van der Waals surface area (Å²) in [5.74, 6) is 0.515. The summed E-state index contributed by atoms with van der Waals surface area (Å²) < 4.78 is 12.6. The number of aromatic nitrogens is 2. The second kappa shape index (κ2) is 7.74. The Morgan fingerprint density at radius 2 is 1.97 bits per heavy atom. The molecule has 7 heteroatoms. The summed E-state index contributed by atoms with van der Waals surface area (Å²) in [6.45, 7) is 7.33.